The molecule has 3 nitrogen and oxygen atoms in total. The molecule has 1 saturated heterocycles. The van der Waals surface area contributed by atoms with Crippen molar-refractivity contribution in [1.82, 2.24) is 5.32 Å². The maximum atomic E-state index is 12.0. The lowest BCUT2D eigenvalue weighted by Crippen LogP contribution is -2.19. The van der Waals surface area contributed by atoms with E-state index in [0.717, 1.165) is 5.56 Å². The fraction of sp³-hybridized carbons (Fsp3) is 0. The third-order valence-electron chi connectivity index (χ3n) is 2.86. The average Bonchev–Trinajstić information content (AvgIpc) is 2.81. The molecule has 1 aliphatic rings. The Morgan fingerprint density at radius 3 is 2.55 bits per heavy atom. The number of thioether (sulfide) groups is 1. The summed E-state index contributed by atoms with van der Waals surface area (Å²) >= 11 is 13.1. The lowest BCUT2D eigenvalue weighted by atomic mass is 10.2. The molecule has 6 heteroatoms. The molecule has 1 amide bonds. The van der Waals surface area contributed by atoms with Crippen molar-refractivity contribution in [2.75, 3.05) is 0 Å². The van der Waals surface area contributed by atoms with Gasteiger partial charge >= 0.3 is 0 Å². The van der Waals surface area contributed by atoms with Gasteiger partial charge in [0.2, 0.25) is 0 Å². The summed E-state index contributed by atoms with van der Waals surface area (Å²) in [5.41, 5.74) is 1.61. The van der Waals surface area contributed by atoms with E-state index in [0.29, 0.717) is 25.8 Å². The number of rotatable bonds is 2. The first-order valence-corrected chi connectivity index (χ1v) is 7.98. The number of aliphatic imine (C=N–C) groups is 1. The second-order valence-corrected chi connectivity index (χ2v) is 6.42. The number of benzene rings is 2. The molecule has 0 bridgehead atoms. The van der Waals surface area contributed by atoms with Gasteiger partial charge in [0, 0.05) is 10.0 Å². The minimum absolute atomic E-state index is 0.166. The molecule has 0 atom stereocenters. The van der Waals surface area contributed by atoms with Crippen molar-refractivity contribution in [3.63, 3.8) is 0 Å². The van der Waals surface area contributed by atoms with Crippen LogP contribution < -0.4 is 5.32 Å². The quantitative estimate of drug-likeness (QED) is 0.785. The molecule has 1 heterocycles. The highest BCUT2D eigenvalue weighted by Crippen LogP contribution is 2.28. The number of carbonyl (C=O) groups is 1. The minimum atomic E-state index is -0.166. The van der Waals surface area contributed by atoms with Crippen LogP contribution in [0.2, 0.25) is 10.0 Å². The summed E-state index contributed by atoms with van der Waals surface area (Å²) in [4.78, 5) is 16.9. The molecule has 2 aromatic rings. The highest BCUT2D eigenvalue weighted by atomic mass is 35.5. The van der Waals surface area contributed by atoms with Gasteiger partial charge in [-0.1, -0.05) is 41.4 Å². The highest BCUT2D eigenvalue weighted by molar-refractivity contribution is 8.18. The Hall–Kier alpha value is -1.75. The summed E-state index contributed by atoms with van der Waals surface area (Å²) < 4.78 is 0. The SMILES string of the molecule is O=C1NC(=Nc2cccc(Cl)c2)S/C1=C\c1ccc(Cl)cc1. The van der Waals surface area contributed by atoms with E-state index in [1.54, 1.807) is 30.3 Å². The second kappa shape index (κ2) is 6.57. The van der Waals surface area contributed by atoms with Gasteiger partial charge in [-0.05, 0) is 53.7 Å². The van der Waals surface area contributed by atoms with Crippen molar-refractivity contribution >= 4 is 57.8 Å². The molecule has 1 aliphatic heterocycles. The van der Waals surface area contributed by atoms with Gasteiger partial charge in [-0.3, -0.25) is 4.79 Å². The predicted octanol–water partition coefficient (Wildman–Crippen LogP) is 4.89. The Morgan fingerprint density at radius 1 is 1.05 bits per heavy atom. The van der Waals surface area contributed by atoms with Gasteiger partial charge in [-0.25, -0.2) is 4.99 Å². The van der Waals surface area contributed by atoms with E-state index in [1.807, 2.05) is 24.3 Å². The predicted molar refractivity (Wildman–Crippen MR) is 93.7 cm³/mol. The normalized spacial score (nSPS) is 18.0. The lowest BCUT2D eigenvalue weighted by molar-refractivity contribution is -0.115. The number of hydrogen-bond acceptors (Lipinski definition) is 3. The molecule has 0 aromatic heterocycles. The van der Waals surface area contributed by atoms with E-state index < -0.39 is 0 Å². The number of halogens is 2. The van der Waals surface area contributed by atoms with Crippen LogP contribution in [0, 0.1) is 0 Å². The van der Waals surface area contributed by atoms with Gasteiger partial charge in [0.05, 0.1) is 10.6 Å². The maximum absolute atomic E-state index is 12.0. The van der Waals surface area contributed by atoms with E-state index in [-0.39, 0.29) is 5.91 Å². The van der Waals surface area contributed by atoms with Gasteiger partial charge in [-0.15, -0.1) is 0 Å². The molecule has 0 unspecified atom stereocenters. The molecule has 0 spiro atoms. The van der Waals surface area contributed by atoms with Crippen LogP contribution in [-0.2, 0) is 4.79 Å². The van der Waals surface area contributed by atoms with Crippen LogP contribution in [-0.4, -0.2) is 11.1 Å². The number of nitrogens with one attached hydrogen (secondary N) is 1. The van der Waals surface area contributed by atoms with Crippen molar-refractivity contribution in [3.05, 3.63) is 69.0 Å². The number of carbonyl (C=O) groups excluding carboxylic acids is 1. The Balaban J connectivity index is 1.82. The Morgan fingerprint density at radius 2 is 1.82 bits per heavy atom. The van der Waals surface area contributed by atoms with Crippen LogP contribution in [0.4, 0.5) is 5.69 Å². The van der Waals surface area contributed by atoms with Gasteiger partial charge < -0.3 is 5.32 Å². The van der Waals surface area contributed by atoms with Crippen LogP contribution in [0.3, 0.4) is 0 Å². The second-order valence-electron chi connectivity index (χ2n) is 4.51. The fourth-order valence-electron chi connectivity index (χ4n) is 1.85. The Kier molecular flexibility index (Phi) is 4.52. The summed E-state index contributed by atoms with van der Waals surface area (Å²) in [6, 6.07) is 14.4. The first-order valence-electron chi connectivity index (χ1n) is 6.41. The van der Waals surface area contributed by atoms with Crippen LogP contribution in [0.5, 0.6) is 0 Å². The summed E-state index contributed by atoms with van der Waals surface area (Å²) in [6.07, 6.45) is 1.80. The molecule has 1 N–H and O–H groups in total. The Labute approximate surface area is 142 Å². The lowest BCUT2D eigenvalue weighted by Gasteiger charge is -1.96. The maximum Gasteiger partial charge on any atom is 0.264 e. The minimum Gasteiger partial charge on any atom is -0.300 e. The zero-order valence-electron chi connectivity index (χ0n) is 11.2. The molecule has 110 valence electrons. The number of amides is 1. The van der Waals surface area contributed by atoms with E-state index in [4.69, 9.17) is 23.2 Å². The van der Waals surface area contributed by atoms with E-state index in [2.05, 4.69) is 10.3 Å². The molecule has 0 aliphatic carbocycles. The molecule has 1 fully saturated rings. The topological polar surface area (TPSA) is 41.5 Å². The first-order chi connectivity index (χ1) is 10.6. The van der Waals surface area contributed by atoms with Crippen LogP contribution in [0.15, 0.2) is 58.4 Å². The third-order valence-corrected chi connectivity index (χ3v) is 4.25. The molecule has 2 aromatic carbocycles. The molecular formula is C16H10Cl2N2OS. The summed E-state index contributed by atoms with van der Waals surface area (Å²) in [6.45, 7) is 0. The van der Waals surface area contributed by atoms with Crippen molar-refractivity contribution in [2.24, 2.45) is 4.99 Å². The van der Waals surface area contributed by atoms with Crippen LogP contribution in [0.1, 0.15) is 5.56 Å². The third kappa shape index (κ3) is 3.71. The zero-order valence-corrected chi connectivity index (χ0v) is 13.5. The summed E-state index contributed by atoms with van der Waals surface area (Å²) in [5.74, 6) is -0.166. The van der Waals surface area contributed by atoms with Gasteiger partial charge in [0.1, 0.15) is 0 Å². The standard InChI is InChI=1S/C16H10Cl2N2OS/c17-11-6-4-10(5-7-11)8-14-15(21)20-16(22-14)19-13-3-1-2-12(18)9-13/h1-9H,(H,19,20,21)/b14-8-. The zero-order chi connectivity index (χ0) is 15.5. The van der Waals surface area contributed by atoms with E-state index >= 15 is 0 Å². The Bertz CT molecular complexity index is 785. The number of nitrogens with zero attached hydrogens (tertiary/aromatic N) is 1. The smallest absolute Gasteiger partial charge is 0.264 e. The molecule has 22 heavy (non-hydrogen) atoms. The van der Waals surface area contributed by atoms with Crippen molar-refractivity contribution in [2.45, 2.75) is 0 Å². The average molecular weight is 349 g/mol. The molecule has 0 saturated carbocycles. The number of hydrogen-bond donors (Lipinski definition) is 1. The summed E-state index contributed by atoms with van der Waals surface area (Å²) in [7, 11) is 0. The van der Waals surface area contributed by atoms with Crippen LogP contribution >= 0.6 is 35.0 Å². The molecular weight excluding hydrogens is 339 g/mol. The van der Waals surface area contributed by atoms with E-state index in [1.165, 1.54) is 11.8 Å². The van der Waals surface area contributed by atoms with Gasteiger partial charge in [0.25, 0.3) is 5.91 Å². The molecule has 3 rings (SSSR count). The largest absolute Gasteiger partial charge is 0.300 e. The summed E-state index contributed by atoms with van der Waals surface area (Å²) in [5, 5.41) is 4.54. The fourth-order valence-corrected chi connectivity index (χ4v) is 3.01. The van der Waals surface area contributed by atoms with Crippen molar-refractivity contribution < 1.29 is 4.79 Å². The van der Waals surface area contributed by atoms with Gasteiger partial charge in [-0.2, -0.15) is 0 Å². The number of amidine groups is 1. The van der Waals surface area contributed by atoms with Gasteiger partial charge in [0.15, 0.2) is 5.17 Å². The van der Waals surface area contributed by atoms with Crippen molar-refractivity contribution in [3.8, 4) is 0 Å². The highest BCUT2D eigenvalue weighted by Gasteiger charge is 2.23. The monoisotopic (exact) mass is 348 g/mol. The van der Waals surface area contributed by atoms with Crippen molar-refractivity contribution in [1.29, 1.82) is 0 Å². The van der Waals surface area contributed by atoms with Crippen LogP contribution in [0.25, 0.3) is 6.08 Å². The van der Waals surface area contributed by atoms with E-state index in [9.17, 15) is 4.79 Å². The molecule has 0 radical (unpaired) electrons. The first kappa shape index (κ1) is 15.2.